The number of halogens is 3. The van der Waals surface area contributed by atoms with Crippen molar-refractivity contribution in [1.29, 1.82) is 0 Å². The van der Waals surface area contributed by atoms with Crippen molar-refractivity contribution < 1.29 is 27.5 Å². The zero-order chi connectivity index (χ0) is 13.9. The van der Waals surface area contributed by atoms with Crippen molar-refractivity contribution in [3.05, 3.63) is 29.3 Å². The highest BCUT2D eigenvalue weighted by Crippen LogP contribution is 2.37. The van der Waals surface area contributed by atoms with Gasteiger partial charge < -0.3 is 10.5 Å². The van der Waals surface area contributed by atoms with E-state index in [0.717, 1.165) is 12.1 Å². The van der Waals surface area contributed by atoms with Crippen molar-refractivity contribution in [2.24, 2.45) is 5.73 Å². The number of hydrogen-bond donors (Lipinski definition) is 1. The first-order valence-electron chi connectivity index (χ1n) is 4.88. The molecule has 0 fully saturated rings. The van der Waals surface area contributed by atoms with E-state index in [1.165, 1.54) is 6.92 Å². The molecule has 1 atom stereocenters. The van der Waals surface area contributed by atoms with E-state index in [0.29, 0.717) is 6.07 Å². The van der Waals surface area contributed by atoms with Crippen LogP contribution < -0.4 is 10.5 Å². The SMILES string of the molecule is CC(Oc1ccc(C=O)cc1C(F)(F)F)C(N)=O. The van der Waals surface area contributed by atoms with E-state index in [1.54, 1.807) is 0 Å². The van der Waals surface area contributed by atoms with E-state index >= 15 is 0 Å². The van der Waals surface area contributed by atoms with E-state index in [2.05, 4.69) is 0 Å². The van der Waals surface area contributed by atoms with Crippen LogP contribution in [0.1, 0.15) is 22.8 Å². The van der Waals surface area contributed by atoms with Gasteiger partial charge >= 0.3 is 6.18 Å². The van der Waals surface area contributed by atoms with Gasteiger partial charge in [0, 0.05) is 5.56 Å². The zero-order valence-electron chi connectivity index (χ0n) is 9.32. The number of benzene rings is 1. The summed E-state index contributed by atoms with van der Waals surface area (Å²) >= 11 is 0. The molecule has 1 unspecified atom stereocenters. The normalized spacial score (nSPS) is 12.9. The van der Waals surface area contributed by atoms with Crippen molar-refractivity contribution in [1.82, 2.24) is 0 Å². The standard InChI is InChI=1S/C11H10F3NO3/c1-6(10(15)17)18-9-3-2-7(5-16)4-8(9)11(12,13)14/h2-6H,1H3,(H2,15,17). The average Bonchev–Trinajstić information content (AvgIpc) is 2.27. The third-order valence-corrected chi connectivity index (χ3v) is 2.15. The number of alkyl halides is 3. The minimum atomic E-state index is -4.69. The number of hydrogen-bond acceptors (Lipinski definition) is 3. The Kier molecular flexibility index (Phi) is 3.95. The number of rotatable bonds is 4. The molecule has 1 rings (SSSR count). The van der Waals surface area contributed by atoms with Gasteiger partial charge in [0.1, 0.15) is 12.0 Å². The zero-order valence-corrected chi connectivity index (χ0v) is 9.32. The molecule has 0 bridgehead atoms. The van der Waals surface area contributed by atoms with Gasteiger partial charge in [0.05, 0.1) is 5.56 Å². The molecule has 0 radical (unpaired) electrons. The van der Waals surface area contributed by atoms with Crippen LogP contribution in [-0.2, 0) is 11.0 Å². The van der Waals surface area contributed by atoms with Crippen LogP contribution in [0.25, 0.3) is 0 Å². The molecule has 98 valence electrons. The molecule has 0 saturated carbocycles. The monoisotopic (exact) mass is 261 g/mol. The number of carbonyl (C=O) groups is 2. The summed E-state index contributed by atoms with van der Waals surface area (Å²) in [5.74, 6) is -1.43. The Labute approximate surface area is 101 Å². The van der Waals surface area contributed by atoms with Crippen LogP contribution in [-0.4, -0.2) is 18.3 Å². The van der Waals surface area contributed by atoms with Gasteiger partial charge in [-0.2, -0.15) is 13.2 Å². The summed E-state index contributed by atoms with van der Waals surface area (Å²) in [5.41, 5.74) is 3.64. The van der Waals surface area contributed by atoms with Gasteiger partial charge in [-0.15, -0.1) is 0 Å². The third kappa shape index (κ3) is 3.22. The lowest BCUT2D eigenvalue weighted by atomic mass is 10.1. The number of nitrogens with two attached hydrogens (primary N) is 1. The van der Waals surface area contributed by atoms with E-state index in [-0.39, 0.29) is 11.8 Å². The van der Waals surface area contributed by atoms with Crippen molar-refractivity contribution in [3.63, 3.8) is 0 Å². The largest absolute Gasteiger partial charge is 0.480 e. The van der Waals surface area contributed by atoms with Gasteiger partial charge in [-0.05, 0) is 25.1 Å². The molecule has 4 nitrogen and oxygen atoms in total. The third-order valence-electron chi connectivity index (χ3n) is 2.15. The number of aldehydes is 1. The van der Waals surface area contributed by atoms with Crippen LogP contribution in [0.2, 0.25) is 0 Å². The van der Waals surface area contributed by atoms with Gasteiger partial charge in [0.15, 0.2) is 6.10 Å². The van der Waals surface area contributed by atoms with Gasteiger partial charge in [0.25, 0.3) is 5.91 Å². The second-order valence-corrected chi connectivity index (χ2v) is 3.53. The molecule has 18 heavy (non-hydrogen) atoms. The fraction of sp³-hybridized carbons (Fsp3) is 0.273. The van der Waals surface area contributed by atoms with Crippen molar-refractivity contribution in [3.8, 4) is 5.75 Å². The summed E-state index contributed by atoms with van der Waals surface area (Å²) in [5, 5.41) is 0. The van der Waals surface area contributed by atoms with E-state index < -0.39 is 29.5 Å². The molecule has 1 aromatic rings. The van der Waals surface area contributed by atoms with Crippen LogP contribution in [0.4, 0.5) is 13.2 Å². The number of carbonyl (C=O) groups excluding carboxylic acids is 2. The summed E-state index contributed by atoms with van der Waals surface area (Å²) in [4.78, 5) is 21.2. The summed E-state index contributed by atoms with van der Waals surface area (Å²) in [6.07, 6.45) is -5.60. The summed E-state index contributed by atoms with van der Waals surface area (Å²) in [6.45, 7) is 1.23. The second-order valence-electron chi connectivity index (χ2n) is 3.53. The fourth-order valence-electron chi connectivity index (χ4n) is 1.19. The minimum absolute atomic E-state index is 0.138. The summed E-state index contributed by atoms with van der Waals surface area (Å²) in [6, 6.07) is 2.79. The molecule has 2 N–H and O–H groups in total. The van der Waals surface area contributed by atoms with Crippen LogP contribution in [0.3, 0.4) is 0 Å². The molecule has 0 spiro atoms. The molecule has 1 aromatic carbocycles. The minimum Gasteiger partial charge on any atom is -0.480 e. The summed E-state index contributed by atoms with van der Waals surface area (Å²) < 4.78 is 42.9. The molecule has 0 heterocycles. The number of amides is 1. The van der Waals surface area contributed by atoms with Crippen molar-refractivity contribution in [2.75, 3.05) is 0 Å². The molecule has 7 heteroatoms. The highest BCUT2D eigenvalue weighted by atomic mass is 19.4. The topological polar surface area (TPSA) is 69.4 Å². The lowest BCUT2D eigenvalue weighted by molar-refractivity contribution is -0.140. The molecule has 0 aliphatic rings. The molecule has 0 aliphatic heterocycles. The Bertz CT molecular complexity index is 471. The lowest BCUT2D eigenvalue weighted by Crippen LogP contribution is -2.31. The quantitative estimate of drug-likeness (QED) is 0.840. The van der Waals surface area contributed by atoms with Gasteiger partial charge in [0.2, 0.25) is 0 Å². The fourth-order valence-corrected chi connectivity index (χ4v) is 1.19. The molecular formula is C11H10F3NO3. The van der Waals surface area contributed by atoms with E-state index in [4.69, 9.17) is 10.5 Å². The molecule has 1 amide bonds. The first kappa shape index (κ1) is 14.0. The Hall–Kier alpha value is -2.05. The molecule has 0 aromatic heterocycles. The van der Waals surface area contributed by atoms with Gasteiger partial charge in [-0.1, -0.05) is 0 Å². The maximum atomic E-state index is 12.7. The first-order chi connectivity index (χ1) is 8.25. The van der Waals surface area contributed by atoms with Gasteiger partial charge in [-0.25, -0.2) is 0 Å². The van der Waals surface area contributed by atoms with Crippen LogP contribution in [0.5, 0.6) is 5.75 Å². The van der Waals surface area contributed by atoms with Crippen LogP contribution in [0, 0.1) is 0 Å². The van der Waals surface area contributed by atoms with Crippen LogP contribution in [0.15, 0.2) is 18.2 Å². The predicted octanol–water partition coefficient (Wildman–Crippen LogP) is 1.77. The maximum Gasteiger partial charge on any atom is 0.419 e. The first-order valence-corrected chi connectivity index (χ1v) is 4.88. The maximum absolute atomic E-state index is 12.7. The molecular weight excluding hydrogens is 251 g/mol. The number of ether oxygens (including phenoxy) is 1. The average molecular weight is 261 g/mol. The second kappa shape index (κ2) is 5.07. The van der Waals surface area contributed by atoms with Gasteiger partial charge in [-0.3, -0.25) is 9.59 Å². The predicted molar refractivity (Wildman–Crippen MR) is 56.1 cm³/mol. The molecule has 0 saturated heterocycles. The smallest absolute Gasteiger partial charge is 0.419 e. The lowest BCUT2D eigenvalue weighted by Gasteiger charge is -2.17. The Morgan fingerprint density at radius 3 is 2.50 bits per heavy atom. The highest BCUT2D eigenvalue weighted by molar-refractivity contribution is 5.79. The van der Waals surface area contributed by atoms with E-state index in [9.17, 15) is 22.8 Å². The van der Waals surface area contributed by atoms with Crippen molar-refractivity contribution in [2.45, 2.75) is 19.2 Å². The van der Waals surface area contributed by atoms with Crippen molar-refractivity contribution >= 4 is 12.2 Å². The highest BCUT2D eigenvalue weighted by Gasteiger charge is 2.35. The Balaban J connectivity index is 3.18. The van der Waals surface area contributed by atoms with E-state index in [1.807, 2.05) is 0 Å². The Morgan fingerprint density at radius 2 is 2.06 bits per heavy atom. The van der Waals surface area contributed by atoms with Crippen LogP contribution >= 0.6 is 0 Å². The summed E-state index contributed by atoms with van der Waals surface area (Å²) in [7, 11) is 0. The Morgan fingerprint density at radius 1 is 1.44 bits per heavy atom. The number of primary amides is 1. The molecule has 0 aliphatic carbocycles.